The third-order valence-corrected chi connectivity index (χ3v) is 7.86. The van der Waals surface area contributed by atoms with Gasteiger partial charge >= 0.3 is 0 Å². The SMILES string of the molecule is CC[C@H](C)c1ccc(N(C(=O)Cc2ccsc2)[C@@H](C(=O)NC2CCCCC2)c2ccccc2)cc1. The number of amides is 2. The second kappa shape index (κ2) is 12.2. The van der Waals surface area contributed by atoms with Crippen molar-refractivity contribution in [1.29, 1.82) is 0 Å². The molecular formula is C30H36N2O2S. The third-order valence-electron chi connectivity index (χ3n) is 7.13. The van der Waals surface area contributed by atoms with E-state index in [9.17, 15) is 9.59 Å². The van der Waals surface area contributed by atoms with Crippen molar-refractivity contribution in [2.75, 3.05) is 4.90 Å². The van der Waals surface area contributed by atoms with Gasteiger partial charge in [-0.15, -0.1) is 0 Å². The first-order valence-electron chi connectivity index (χ1n) is 12.8. The highest BCUT2D eigenvalue weighted by molar-refractivity contribution is 7.08. The largest absolute Gasteiger partial charge is 0.351 e. The summed E-state index contributed by atoms with van der Waals surface area (Å²) >= 11 is 1.58. The van der Waals surface area contributed by atoms with Crippen LogP contribution in [0.3, 0.4) is 0 Å². The first kappa shape index (κ1) is 25.2. The number of carbonyl (C=O) groups excluding carboxylic acids is 2. The number of rotatable bonds is 9. The molecule has 0 saturated heterocycles. The van der Waals surface area contributed by atoms with Gasteiger partial charge in [0.1, 0.15) is 6.04 Å². The average Bonchev–Trinajstić information content (AvgIpc) is 3.41. The number of nitrogens with zero attached hydrogens (tertiary/aromatic N) is 1. The summed E-state index contributed by atoms with van der Waals surface area (Å²) in [5.41, 5.74) is 3.79. The molecule has 0 radical (unpaired) electrons. The summed E-state index contributed by atoms with van der Waals surface area (Å²) in [6.07, 6.45) is 6.81. The Morgan fingerprint density at radius 2 is 1.69 bits per heavy atom. The Bertz CT molecular complexity index is 1070. The maximum atomic E-state index is 13.9. The smallest absolute Gasteiger partial charge is 0.248 e. The van der Waals surface area contributed by atoms with E-state index in [0.717, 1.165) is 48.9 Å². The maximum absolute atomic E-state index is 13.9. The van der Waals surface area contributed by atoms with Gasteiger partial charge in [-0.25, -0.2) is 0 Å². The highest BCUT2D eigenvalue weighted by Crippen LogP contribution is 2.31. The van der Waals surface area contributed by atoms with Crippen molar-refractivity contribution in [3.05, 3.63) is 88.1 Å². The molecule has 35 heavy (non-hydrogen) atoms. The molecule has 0 aliphatic heterocycles. The lowest BCUT2D eigenvalue weighted by Gasteiger charge is -2.33. The number of hydrogen-bond donors (Lipinski definition) is 1. The van der Waals surface area contributed by atoms with Crippen molar-refractivity contribution in [3.63, 3.8) is 0 Å². The Morgan fingerprint density at radius 3 is 2.31 bits per heavy atom. The van der Waals surface area contributed by atoms with Crippen LogP contribution in [0.2, 0.25) is 0 Å². The van der Waals surface area contributed by atoms with Crippen LogP contribution in [0.4, 0.5) is 5.69 Å². The minimum absolute atomic E-state index is 0.0765. The fourth-order valence-corrected chi connectivity index (χ4v) is 5.54. The van der Waals surface area contributed by atoms with E-state index in [1.165, 1.54) is 12.0 Å². The fraction of sp³-hybridized carbons (Fsp3) is 0.400. The van der Waals surface area contributed by atoms with Crippen molar-refractivity contribution >= 4 is 28.8 Å². The van der Waals surface area contributed by atoms with E-state index in [4.69, 9.17) is 0 Å². The molecule has 0 bridgehead atoms. The molecule has 2 aromatic carbocycles. The van der Waals surface area contributed by atoms with Crippen LogP contribution in [0, 0.1) is 0 Å². The van der Waals surface area contributed by atoms with Gasteiger partial charge in [-0.3, -0.25) is 14.5 Å². The quantitative estimate of drug-likeness (QED) is 0.352. The van der Waals surface area contributed by atoms with Gasteiger partial charge in [0.2, 0.25) is 11.8 Å². The minimum Gasteiger partial charge on any atom is -0.351 e. The molecule has 0 unspecified atom stereocenters. The molecular weight excluding hydrogens is 452 g/mol. The second-order valence-electron chi connectivity index (χ2n) is 9.63. The second-order valence-corrected chi connectivity index (χ2v) is 10.4. The molecule has 1 saturated carbocycles. The van der Waals surface area contributed by atoms with E-state index >= 15 is 0 Å². The molecule has 4 rings (SSSR count). The van der Waals surface area contributed by atoms with Gasteiger partial charge in [-0.05, 0) is 70.8 Å². The topological polar surface area (TPSA) is 49.4 Å². The van der Waals surface area contributed by atoms with E-state index in [1.54, 1.807) is 16.2 Å². The van der Waals surface area contributed by atoms with Gasteiger partial charge in [0, 0.05) is 11.7 Å². The number of nitrogens with one attached hydrogen (secondary N) is 1. The van der Waals surface area contributed by atoms with E-state index in [0.29, 0.717) is 5.92 Å². The van der Waals surface area contributed by atoms with Crippen LogP contribution in [0.15, 0.2) is 71.4 Å². The molecule has 1 N–H and O–H groups in total. The monoisotopic (exact) mass is 488 g/mol. The lowest BCUT2D eigenvalue weighted by molar-refractivity contribution is -0.127. The van der Waals surface area contributed by atoms with E-state index in [1.807, 2.05) is 59.3 Å². The molecule has 0 spiro atoms. The zero-order valence-corrected chi connectivity index (χ0v) is 21.6. The van der Waals surface area contributed by atoms with Crippen LogP contribution in [0.25, 0.3) is 0 Å². The zero-order chi connectivity index (χ0) is 24.6. The molecule has 184 valence electrons. The predicted octanol–water partition coefficient (Wildman–Crippen LogP) is 7.03. The Labute approximate surface area is 213 Å². The molecule has 1 aliphatic carbocycles. The van der Waals surface area contributed by atoms with Crippen LogP contribution >= 0.6 is 11.3 Å². The van der Waals surface area contributed by atoms with Gasteiger partial charge in [-0.1, -0.05) is 75.6 Å². The molecule has 2 amide bonds. The molecule has 1 fully saturated rings. The number of carbonyl (C=O) groups is 2. The van der Waals surface area contributed by atoms with Crippen molar-refractivity contribution in [2.45, 2.75) is 76.8 Å². The number of benzene rings is 2. The van der Waals surface area contributed by atoms with Gasteiger partial charge in [-0.2, -0.15) is 11.3 Å². The Kier molecular flexibility index (Phi) is 8.75. The summed E-state index contributed by atoms with van der Waals surface area (Å²) in [4.78, 5) is 29.4. The van der Waals surface area contributed by atoms with Crippen molar-refractivity contribution in [2.24, 2.45) is 0 Å². The van der Waals surface area contributed by atoms with Crippen LogP contribution < -0.4 is 10.2 Å². The van der Waals surface area contributed by atoms with Gasteiger partial charge in [0.25, 0.3) is 0 Å². The van der Waals surface area contributed by atoms with E-state index < -0.39 is 6.04 Å². The van der Waals surface area contributed by atoms with Gasteiger partial charge < -0.3 is 5.32 Å². The lowest BCUT2D eigenvalue weighted by atomic mass is 9.94. The van der Waals surface area contributed by atoms with Crippen LogP contribution in [-0.4, -0.2) is 17.9 Å². The van der Waals surface area contributed by atoms with E-state index in [2.05, 4.69) is 31.3 Å². The number of hydrogen-bond acceptors (Lipinski definition) is 3. The highest BCUT2D eigenvalue weighted by Gasteiger charge is 2.34. The Hall–Kier alpha value is -2.92. The maximum Gasteiger partial charge on any atom is 0.248 e. The first-order valence-corrected chi connectivity index (χ1v) is 13.8. The lowest BCUT2D eigenvalue weighted by Crippen LogP contribution is -2.47. The van der Waals surface area contributed by atoms with Gasteiger partial charge in [0.05, 0.1) is 6.42 Å². The van der Waals surface area contributed by atoms with Crippen LogP contribution in [0.5, 0.6) is 0 Å². The molecule has 1 aliphatic rings. The van der Waals surface area contributed by atoms with Crippen molar-refractivity contribution < 1.29 is 9.59 Å². The highest BCUT2D eigenvalue weighted by atomic mass is 32.1. The van der Waals surface area contributed by atoms with Crippen LogP contribution in [-0.2, 0) is 16.0 Å². The summed E-state index contributed by atoms with van der Waals surface area (Å²) in [6, 6.07) is 19.3. The summed E-state index contributed by atoms with van der Waals surface area (Å²) < 4.78 is 0. The third kappa shape index (κ3) is 6.40. The number of anilines is 1. The van der Waals surface area contributed by atoms with Crippen molar-refractivity contribution in [1.82, 2.24) is 5.32 Å². The van der Waals surface area contributed by atoms with Crippen LogP contribution in [0.1, 0.15) is 81.0 Å². The summed E-state index contributed by atoms with van der Waals surface area (Å²) in [6.45, 7) is 4.38. The van der Waals surface area contributed by atoms with Gasteiger partial charge in [0.15, 0.2) is 0 Å². The predicted molar refractivity (Wildman–Crippen MR) is 145 cm³/mol. The normalized spacial score (nSPS) is 15.8. The summed E-state index contributed by atoms with van der Waals surface area (Å²) in [5, 5.41) is 7.28. The summed E-state index contributed by atoms with van der Waals surface area (Å²) in [7, 11) is 0. The molecule has 1 aromatic heterocycles. The van der Waals surface area contributed by atoms with Crippen molar-refractivity contribution in [3.8, 4) is 0 Å². The Balaban J connectivity index is 1.72. The zero-order valence-electron chi connectivity index (χ0n) is 20.8. The molecule has 1 heterocycles. The Morgan fingerprint density at radius 1 is 0.971 bits per heavy atom. The van der Waals surface area contributed by atoms with E-state index in [-0.39, 0.29) is 24.3 Å². The molecule has 5 heteroatoms. The standard InChI is InChI=1S/C30H36N2O2S/c1-3-22(2)24-14-16-27(17-15-24)32(28(33)20-23-18-19-35-21-23)29(25-10-6-4-7-11-25)30(34)31-26-12-8-5-9-13-26/h4,6-7,10-11,14-19,21-22,26,29H,3,5,8-9,12-13,20H2,1-2H3,(H,31,34)/t22-,29+/m0/s1. The average molecular weight is 489 g/mol. The summed E-state index contributed by atoms with van der Waals surface area (Å²) in [5.74, 6) is 0.263. The fourth-order valence-electron chi connectivity index (χ4n) is 4.87. The molecule has 4 nitrogen and oxygen atoms in total. The molecule has 3 aromatic rings. The molecule has 2 atom stereocenters. The minimum atomic E-state index is -0.723. The number of thiophene rings is 1. The first-order chi connectivity index (χ1) is 17.1.